The second kappa shape index (κ2) is 7.44. The lowest BCUT2D eigenvalue weighted by atomic mass is 10.1. The Kier molecular flexibility index (Phi) is 5.07. The molecule has 0 radical (unpaired) electrons. The summed E-state index contributed by atoms with van der Waals surface area (Å²) in [6.45, 7) is -0.144. The maximum absolute atomic E-state index is 13.3. The third kappa shape index (κ3) is 3.80. The summed E-state index contributed by atoms with van der Waals surface area (Å²) in [6.07, 6.45) is -3.11. The first kappa shape index (κ1) is 20.4. The molecule has 0 saturated carbocycles. The van der Waals surface area contributed by atoms with Crippen molar-refractivity contribution in [2.45, 2.75) is 24.0 Å². The Balaban J connectivity index is 1.64. The number of sulfonamides is 1. The van der Waals surface area contributed by atoms with Crippen molar-refractivity contribution < 1.29 is 26.0 Å². The van der Waals surface area contributed by atoms with Gasteiger partial charge < -0.3 is 0 Å². The van der Waals surface area contributed by atoms with Crippen molar-refractivity contribution in [1.82, 2.24) is 14.3 Å². The highest BCUT2D eigenvalue weighted by molar-refractivity contribution is 7.89. The van der Waals surface area contributed by atoms with Crippen LogP contribution in [0.5, 0.6) is 0 Å². The van der Waals surface area contributed by atoms with Crippen LogP contribution in [-0.2, 0) is 29.2 Å². The summed E-state index contributed by atoms with van der Waals surface area (Å²) < 4.78 is 79.8. The molecule has 0 N–H and O–H groups in total. The smallest absolute Gasteiger partial charge is 0.236 e. The van der Waals surface area contributed by atoms with Crippen LogP contribution < -0.4 is 0 Å². The van der Waals surface area contributed by atoms with Gasteiger partial charge in [-0.3, -0.25) is 0 Å². The highest BCUT2D eigenvalue weighted by Gasteiger charge is 2.39. The van der Waals surface area contributed by atoms with Crippen molar-refractivity contribution in [2.24, 2.45) is 0 Å². The lowest BCUT2D eigenvalue weighted by Crippen LogP contribution is -2.37. The lowest BCUT2D eigenvalue weighted by Gasteiger charge is -2.28. The van der Waals surface area contributed by atoms with Gasteiger partial charge in [-0.2, -0.15) is 17.5 Å². The van der Waals surface area contributed by atoms with Gasteiger partial charge in [-0.05, 0) is 36.4 Å². The minimum Gasteiger partial charge on any atom is -0.236 e. The molecule has 1 aliphatic rings. The molecule has 5 nitrogen and oxygen atoms in total. The van der Waals surface area contributed by atoms with Crippen LogP contribution in [0.4, 0.5) is 17.6 Å². The number of hydrogen-bond donors (Lipinski definition) is 0. The van der Waals surface area contributed by atoms with Gasteiger partial charge in [0.25, 0.3) is 0 Å². The zero-order chi connectivity index (χ0) is 21.5. The zero-order valence-corrected chi connectivity index (χ0v) is 16.2. The summed E-state index contributed by atoms with van der Waals surface area (Å²) in [5.74, 6) is -0.0239. The van der Waals surface area contributed by atoms with Crippen molar-refractivity contribution in [1.29, 1.82) is 0 Å². The number of rotatable bonds is 3. The summed E-state index contributed by atoms with van der Waals surface area (Å²) in [7, 11) is -4.37. The molecule has 0 amide bonds. The molecule has 0 fully saturated rings. The number of aromatic nitrogens is 2. The van der Waals surface area contributed by atoms with Gasteiger partial charge in [0.05, 0.1) is 16.2 Å². The van der Waals surface area contributed by atoms with Crippen LogP contribution in [0.15, 0.2) is 59.6 Å². The summed E-state index contributed by atoms with van der Waals surface area (Å²) in [6, 6.07) is 9.76. The van der Waals surface area contributed by atoms with E-state index in [1.165, 1.54) is 36.5 Å². The topological polar surface area (TPSA) is 63.2 Å². The Morgan fingerprint density at radius 3 is 2.40 bits per heavy atom. The molecule has 0 aliphatic carbocycles. The van der Waals surface area contributed by atoms with Gasteiger partial charge in [-0.15, -0.1) is 0 Å². The molecule has 30 heavy (non-hydrogen) atoms. The van der Waals surface area contributed by atoms with E-state index < -0.39 is 32.5 Å². The van der Waals surface area contributed by atoms with Gasteiger partial charge in [0, 0.05) is 36.8 Å². The highest BCUT2D eigenvalue weighted by atomic mass is 32.2. The largest absolute Gasteiger partial charge is 0.417 e. The van der Waals surface area contributed by atoms with E-state index in [-0.39, 0.29) is 19.5 Å². The standard InChI is InChI=1S/C20H15F4N3O2S/c21-15-7-5-13(6-8-15)19-25-11-14-12-27(10-9-17(14)26-19)30(28,29)18-4-2-1-3-16(18)20(22,23)24/h1-8,11H,9-10,12H2. The van der Waals surface area contributed by atoms with Gasteiger partial charge in [-0.1, -0.05) is 12.1 Å². The molecule has 3 aromatic rings. The molecule has 156 valence electrons. The van der Waals surface area contributed by atoms with Gasteiger partial charge >= 0.3 is 6.18 Å². The predicted octanol–water partition coefficient (Wildman–Crippen LogP) is 4.05. The first-order valence-corrected chi connectivity index (χ1v) is 10.4. The van der Waals surface area contributed by atoms with Gasteiger partial charge in [0.15, 0.2) is 5.82 Å². The van der Waals surface area contributed by atoms with E-state index in [1.807, 2.05) is 0 Å². The third-order valence-corrected chi connectivity index (χ3v) is 6.71. The number of halogens is 4. The van der Waals surface area contributed by atoms with E-state index in [1.54, 1.807) is 0 Å². The SMILES string of the molecule is O=S(=O)(c1ccccc1C(F)(F)F)N1CCc2nc(-c3ccc(F)cc3)ncc2C1. The molecule has 0 saturated heterocycles. The van der Waals surface area contributed by atoms with Crippen LogP contribution in [0.25, 0.3) is 11.4 Å². The summed E-state index contributed by atoms with van der Waals surface area (Å²) in [5.41, 5.74) is 0.534. The summed E-state index contributed by atoms with van der Waals surface area (Å²) in [4.78, 5) is 7.85. The van der Waals surface area contributed by atoms with Crippen molar-refractivity contribution >= 4 is 10.0 Å². The predicted molar refractivity (Wildman–Crippen MR) is 100 cm³/mol. The summed E-state index contributed by atoms with van der Waals surface area (Å²) in [5, 5.41) is 0. The second-order valence-corrected chi connectivity index (χ2v) is 8.66. The van der Waals surface area contributed by atoms with Crippen molar-refractivity contribution in [3.05, 3.63) is 77.4 Å². The molecule has 0 unspecified atom stereocenters. The maximum Gasteiger partial charge on any atom is 0.417 e. The molecule has 1 aromatic heterocycles. The monoisotopic (exact) mass is 437 g/mol. The second-order valence-electron chi connectivity index (χ2n) is 6.75. The molecule has 0 bridgehead atoms. The van der Waals surface area contributed by atoms with E-state index in [0.29, 0.717) is 22.6 Å². The first-order valence-electron chi connectivity index (χ1n) is 8.93. The number of nitrogens with zero attached hydrogens (tertiary/aromatic N) is 3. The van der Waals surface area contributed by atoms with E-state index in [0.717, 1.165) is 22.5 Å². The van der Waals surface area contributed by atoms with Crippen LogP contribution in [0.1, 0.15) is 16.8 Å². The zero-order valence-electron chi connectivity index (χ0n) is 15.4. The van der Waals surface area contributed by atoms with Crippen LogP contribution >= 0.6 is 0 Å². The molecule has 4 rings (SSSR count). The van der Waals surface area contributed by atoms with Crippen LogP contribution in [0.3, 0.4) is 0 Å². The minimum absolute atomic E-state index is 0.0125. The van der Waals surface area contributed by atoms with E-state index >= 15 is 0 Å². The summed E-state index contributed by atoms with van der Waals surface area (Å²) >= 11 is 0. The van der Waals surface area contributed by atoms with Crippen LogP contribution in [0.2, 0.25) is 0 Å². The van der Waals surface area contributed by atoms with Gasteiger partial charge in [0.1, 0.15) is 5.82 Å². The van der Waals surface area contributed by atoms with Crippen molar-refractivity contribution in [3.63, 3.8) is 0 Å². The molecular weight excluding hydrogens is 422 g/mol. The average molecular weight is 437 g/mol. The molecule has 1 aliphatic heterocycles. The third-order valence-electron chi connectivity index (χ3n) is 4.81. The number of fused-ring (bicyclic) bond motifs is 1. The molecule has 2 aromatic carbocycles. The number of alkyl halides is 3. The quantitative estimate of drug-likeness (QED) is 0.580. The van der Waals surface area contributed by atoms with E-state index in [9.17, 15) is 26.0 Å². The first-order chi connectivity index (χ1) is 14.2. The van der Waals surface area contributed by atoms with Crippen molar-refractivity contribution in [2.75, 3.05) is 6.54 Å². The molecular formula is C20H15F4N3O2S. The lowest BCUT2D eigenvalue weighted by molar-refractivity contribution is -0.139. The Bertz CT molecular complexity index is 1200. The normalized spacial score (nSPS) is 15.1. The number of hydrogen-bond acceptors (Lipinski definition) is 4. The Morgan fingerprint density at radius 1 is 1.00 bits per heavy atom. The van der Waals surface area contributed by atoms with E-state index in [4.69, 9.17) is 0 Å². The molecule has 2 heterocycles. The number of benzene rings is 2. The fourth-order valence-corrected chi connectivity index (χ4v) is 4.93. The van der Waals surface area contributed by atoms with Gasteiger partial charge in [-0.25, -0.2) is 22.8 Å². The maximum atomic E-state index is 13.3. The minimum atomic E-state index is -4.79. The van der Waals surface area contributed by atoms with Crippen LogP contribution in [-0.4, -0.2) is 29.2 Å². The Hall–Kier alpha value is -2.85. The van der Waals surface area contributed by atoms with Crippen LogP contribution in [0, 0.1) is 5.82 Å². The van der Waals surface area contributed by atoms with Gasteiger partial charge in [0.2, 0.25) is 10.0 Å². The fraction of sp³-hybridized carbons (Fsp3) is 0.200. The molecule has 0 atom stereocenters. The molecule has 0 spiro atoms. The Morgan fingerprint density at radius 2 is 1.70 bits per heavy atom. The highest BCUT2D eigenvalue weighted by Crippen LogP contribution is 2.36. The Labute approximate surface area is 170 Å². The molecule has 10 heteroatoms. The average Bonchev–Trinajstić information content (AvgIpc) is 2.73. The fourth-order valence-electron chi connectivity index (χ4n) is 3.30. The van der Waals surface area contributed by atoms with E-state index in [2.05, 4.69) is 9.97 Å². The van der Waals surface area contributed by atoms with Crippen molar-refractivity contribution in [3.8, 4) is 11.4 Å².